The number of benzene rings is 1. The highest BCUT2D eigenvalue weighted by Gasteiger charge is 2.25. The highest BCUT2D eigenvalue weighted by molar-refractivity contribution is 7.21. The van der Waals surface area contributed by atoms with Crippen molar-refractivity contribution in [3.8, 4) is 0 Å². The number of thiophene rings is 1. The van der Waals surface area contributed by atoms with Gasteiger partial charge in [0.05, 0.1) is 18.2 Å². The molecule has 0 atom stereocenters. The Morgan fingerprint density at radius 2 is 2.24 bits per heavy atom. The van der Waals surface area contributed by atoms with Gasteiger partial charge in [-0.05, 0) is 12.5 Å². The van der Waals surface area contributed by atoms with Gasteiger partial charge in [0.2, 0.25) is 0 Å². The quantitative estimate of drug-likeness (QED) is 0.793. The fourth-order valence-corrected chi connectivity index (χ4v) is 3.33. The van der Waals surface area contributed by atoms with Crippen LogP contribution in [0, 0.1) is 0 Å². The van der Waals surface area contributed by atoms with Crippen molar-refractivity contribution in [2.45, 2.75) is 6.42 Å². The molecule has 0 bridgehead atoms. The molecule has 0 unspecified atom stereocenters. The standard InChI is InChI=1S/C12H10ClNO2S/c13-10-8-4-1-2-5-9(8)17-11(10)12(15)14-6-3-7-16-14/h1-2,4-5H,3,6-7H2. The van der Waals surface area contributed by atoms with E-state index in [2.05, 4.69) is 0 Å². The van der Waals surface area contributed by atoms with E-state index in [1.54, 1.807) is 0 Å². The van der Waals surface area contributed by atoms with Crippen molar-refractivity contribution in [1.82, 2.24) is 5.06 Å². The zero-order chi connectivity index (χ0) is 11.8. The molecule has 0 saturated carbocycles. The number of fused-ring (bicyclic) bond motifs is 1. The predicted octanol–water partition coefficient (Wildman–Crippen LogP) is 3.33. The first-order chi connectivity index (χ1) is 8.27. The van der Waals surface area contributed by atoms with E-state index < -0.39 is 0 Å². The summed E-state index contributed by atoms with van der Waals surface area (Å²) in [6, 6.07) is 7.75. The number of hydroxylamine groups is 2. The van der Waals surface area contributed by atoms with Crippen molar-refractivity contribution in [3.63, 3.8) is 0 Å². The minimum absolute atomic E-state index is 0.131. The molecule has 0 N–H and O–H groups in total. The second-order valence-corrected chi connectivity index (χ2v) is 5.27. The van der Waals surface area contributed by atoms with Crippen molar-refractivity contribution < 1.29 is 9.63 Å². The van der Waals surface area contributed by atoms with Crippen molar-refractivity contribution in [3.05, 3.63) is 34.2 Å². The molecule has 3 nitrogen and oxygen atoms in total. The number of rotatable bonds is 1. The second kappa shape index (κ2) is 4.29. The molecule has 1 aliphatic rings. The molecule has 17 heavy (non-hydrogen) atoms. The molecule has 1 aromatic heterocycles. The van der Waals surface area contributed by atoms with E-state index in [0.717, 1.165) is 16.5 Å². The van der Waals surface area contributed by atoms with Crippen LogP contribution in [0.1, 0.15) is 16.1 Å². The summed E-state index contributed by atoms with van der Waals surface area (Å²) in [5, 5.41) is 2.86. The third-order valence-electron chi connectivity index (χ3n) is 2.71. The van der Waals surface area contributed by atoms with Crippen LogP contribution in [0.2, 0.25) is 5.02 Å². The maximum absolute atomic E-state index is 12.2. The van der Waals surface area contributed by atoms with Gasteiger partial charge in [0.15, 0.2) is 0 Å². The number of amides is 1. The normalized spacial score (nSPS) is 15.7. The minimum atomic E-state index is -0.131. The SMILES string of the molecule is O=C(c1sc2ccccc2c1Cl)N1CCCO1. The maximum atomic E-state index is 12.2. The maximum Gasteiger partial charge on any atom is 0.289 e. The molecule has 1 saturated heterocycles. The number of halogens is 1. The first-order valence-electron chi connectivity index (χ1n) is 5.39. The summed E-state index contributed by atoms with van der Waals surface area (Å²) < 4.78 is 1.03. The molecule has 0 spiro atoms. The Morgan fingerprint density at radius 3 is 2.94 bits per heavy atom. The van der Waals surface area contributed by atoms with Crippen LogP contribution in [0.25, 0.3) is 10.1 Å². The Kier molecular flexibility index (Phi) is 2.78. The van der Waals surface area contributed by atoms with Crippen LogP contribution in [-0.2, 0) is 4.84 Å². The second-order valence-electron chi connectivity index (χ2n) is 3.84. The van der Waals surface area contributed by atoms with E-state index in [9.17, 15) is 4.79 Å². The summed E-state index contributed by atoms with van der Waals surface area (Å²) in [6.07, 6.45) is 0.883. The zero-order valence-electron chi connectivity index (χ0n) is 8.98. The highest BCUT2D eigenvalue weighted by atomic mass is 35.5. The Morgan fingerprint density at radius 1 is 1.41 bits per heavy atom. The summed E-state index contributed by atoms with van der Waals surface area (Å²) in [5.74, 6) is -0.131. The van der Waals surface area contributed by atoms with E-state index in [-0.39, 0.29) is 5.91 Å². The van der Waals surface area contributed by atoms with Gasteiger partial charge < -0.3 is 0 Å². The van der Waals surface area contributed by atoms with E-state index in [1.165, 1.54) is 16.4 Å². The van der Waals surface area contributed by atoms with Gasteiger partial charge in [-0.15, -0.1) is 11.3 Å². The summed E-state index contributed by atoms with van der Waals surface area (Å²) in [4.78, 5) is 18.0. The van der Waals surface area contributed by atoms with Crippen LogP contribution in [0.5, 0.6) is 0 Å². The number of carbonyl (C=O) groups excluding carboxylic acids is 1. The summed E-state index contributed by atoms with van der Waals surface area (Å²) in [7, 11) is 0. The first-order valence-corrected chi connectivity index (χ1v) is 6.58. The summed E-state index contributed by atoms with van der Waals surface area (Å²) in [6.45, 7) is 1.25. The lowest BCUT2D eigenvalue weighted by Gasteiger charge is -2.12. The third kappa shape index (κ3) is 1.82. The fraction of sp³-hybridized carbons (Fsp3) is 0.250. The van der Waals surface area contributed by atoms with E-state index >= 15 is 0 Å². The molecular formula is C12H10ClNO2S. The highest BCUT2D eigenvalue weighted by Crippen LogP contribution is 2.36. The predicted molar refractivity (Wildman–Crippen MR) is 68.4 cm³/mol. The molecule has 88 valence electrons. The molecule has 1 amide bonds. The van der Waals surface area contributed by atoms with Crippen LogP contribution in [0.4, 0.5) is 0 Å². The Hall–Kier alpha value is -1.10. The lowest BCUT2D eigenvalue weighted by Crippen LogP contribution is -2.25. The molecule has 1 aliphatic heterocycles. The largest absolute Gasteiger partial charge is 0.289 e. The van der Waals surface area contributed by atoms with E-state index in [0.29, 0.717) is 23.1 Å². The van der Waals surface area contributed by atoms with Crippen LogP contribution in [-0.4, -0.2) is 24.1 Å². The Labute approximate surface area is 107 Å². The lowest BCUT2D eigenvalue weighted by atomic mass is 10.2. The van der Waals surface area contributed by atoms with Crippen LogP contribution < -0.4 is 0 Å². The third-order valence-corrected chi connectivity index (χ3v) is 4.37. The Bertz CT molecular complexity index is 575. The zero-order valence-corrected chi connectivity index (χ0v) is 10.6. The summed E-state index contributed by atoms with van der Waals surface area (Å²) >= 11 is 7.65. The smallest absolute Gasteiger partial charge is 0.271 e. The van der Waals surface area contributed by atoms with Crippen LogP contribution in [0.3, 0.4) is 0 Å². The molecule has 0 aliphatic carbocycles. The lowest BCUT2D eigenvalue weighted by molar-refractivity contribution is -0.0765. The van der Waals surface area contributed by atoms with Crippen molar-refractivity contribution in [2.24, 2.45) is 0 Å². The molecule has 2 heterocycles. The van der Waals surface area contributed by atoms with Gasteiger partial charge in [0, 0.05) is 10.1 Å². The van der Waals surface area contributed by atoms with Crippen molar-refractivity contribution >= 4 is 38.9 Å². The number of nitrogens with zero attached hydrogens (tertiary/aromatic N) is 1. The van der Waals surface area contributed by atoms with Gasteiger partial charge in [-0.25, -0.2) is 5.06 Å². The number of carbonyl (C=O) groups is 1. The van der Waals surface area contributed by atoms with Gasteiger partial charge in [-0.3, -0.25) is 9.63 Å². The number of hydrogen-bond donors (Lipinski definition) is 0. The molecule has 3 rings (SSSR count). The van der Waals surface area contributed by atoms with Gasteiger partial charge in [-0.1, -0.05) is 29.8 Å². The molecule has 1 fully saturated rings. The van der Waals surface area contributed by atoms with Crippen molar-refractivity contribution in [1.29, 1.82) is 0 Å². The van der Waals surface area contributed by atoms with Crippen LogP contribution >= 0.6 is 22.9 Å². The summed E-state index contributed by atoms with van der Waals surface area (Å²) in [5.41, 5.74) is 0. The average Bonchev–Trinajstić information content (AvgIpc) is 2.97. The minimum Gasteiger partial charge on any atom is -0.271 e. The molecule has 1 aromatic carbocycles. The van der Waals surface area contributed by atoms with Crippen LogP contribution in [0.15, 0.2) is 24.3 Å². The molecule has 5 heteroatoms. The van der Waals surface area contributed by atoms with E-state index in [1.807, 2.05) is 24.3 Å². The topological polar surface area (TPSA) is 29.5 Å². The first kappa shape index (κ1) is 11.0. The van der Waals surface area contributed by atoms with Gasteiger partial charge >= 0.3 is 0 Å². The van der Waals surface area contributed by atoms with Gasteiger partial charge in [0.1, 0.15) is 4.88 Å². The van der Waals surface area contributed by atoms with E-state index in [4.69, 9.17) is 16.4 Å². The molecular weight excluding hydrogens is 258 g/mol. The monoisotopic (exact) mass is 267 g/mol. The van der Waals surface area contributed by atoms with Crippen molar-refractivity contribution in [2.75, 3.05) is 13.2 Å². The molecule has 0 radical (unpaired) electrons. The van der Waals surface area contributed by atoms with Gasteiger partial charge in [0.25, 0.3) is 5.91 Å². The average molecular weight is 268 g/mol. The van der Waals surface area contributed by atoms with Gasteiger partial charge in [-0.2, -0.15) is 0 Å². The molecule has 2 aromatic rings. The Balaban J connectivity index is 2.05. The fourth-order valence-electron chi connectivity index (χ4n) is 1.87. The number of hydrogen-bond acceptors (Lipinski definition) is 3.